The number of nitrogens with zero attached hydrogens (tertiary/aromatic N) is 1. The van der Waals surface area contributed by atoms with Crippen LogP contribution in [-0.4, -0.2) is 32.3 Å². The van der Waals surface area contributed by atoms with Gasteiger partial charge in [-0.15, -0.1) is 0 Å². The van der Waals surface area contributed by atoms with E-state index in [-0.39, 0.29) is 0 Å². The number of hydrogen-bond donors (Lipinski definition) is 2. The molecule has 4 heteroatoms. The van der Waals surface area contributed by atoms with Gasteiger partial charge in [0.25, 0.3) is 0 Å². The van der Waals surface area contributed by atoms with Gasteiger partial charge in [0, 0.05) is 19.1 Å². The highest BCUT2D eigenvalue weighted by atomic mass is 16.5. The lowest BCUT2D eigenvalue weighted by atomic mass is 10.1. The Morgan fingerprint density at radius 1 is 1.50 bits per heavy atom. The molecule has 1 saturated carbocycles. The number of fused-ring (bicyclic) bond motifs is 3. The zero-order valence-electron chi connectivity index (χ0n) is 10.6. The van der Waals surface area contributed by atoms with Gasteiger partial charge in [0.1, 0.15) is 0 Å². The molecule has 3 rings (SSSR count). The molecule has 1 fully saturated rings. The second-order valence-electron chi connectivity index (χ2n) is 5.02. The normalized spacial score (nSPS) is 28.7. The van der Waals surface area contributed by atoms with Crippen LogP contribution in [-0.2, 0) is 11.2 Å². The molecular formula is C14H19N3O. The number of guanidine groups is 1. The molecule has 1 aromatic rings. The fourth-order valence-corrected chi connectivity index (χ4v) is 3.02. The summed E-state index contributed by atoms with van der Waals surface area (Å²) >= 11 is 0. The van der Waals surface area contributed by atoms with E-state index in [0.717, 1.165) is 0 Å². The van der Waals surface area contributed by atoms with Crippen molar-refractivity contribution in [3.05, 3.63) is 35.4 Å². The molecule has 1 aromatic carbocycles. The van der Waals surface area contributed by atoms with Crippen LogP contribution in [0.3, 0.4) is 0 Å². The molecular weight excluding hydrogens is 226 g/mol. The molecule has 0 radical (unpaired) electrons. The predicted molar refractivity (Wildman–Crippen MR) is 71.7 cm³/mol. The highest BCUT2D eigenvalue weighted by Gasteiger charge is 2.55. The first-order chi connectivity index (χ1) is 8.81. The first kappa shape index (κ1) is 11.5. The van der Waals surface area contributed by atoms with Crippen LogP contribution in [0, 0.1) is 5.92 Å². The van der Waals surface area contributed by atoms with E-state index < -0.39 is 0 Å². The lowest BCUT2D eigenvalue weighted by molar-refractivity contribution is 0.208. The highest BCUT2D eigenvalue weighted by Crippen LogP contribution is 2.56. The van der Waals surface area contributed by atoms with Gasteiger partial charge in [0.15, 0.2) is 5.96 Å². The molecule has 0 amide bonds. The Balaban J connectivity index is 1.58. The SMILES string of the molecule is COCCN=C(N)NC1C2Cc3ccccc3C21. The van der Waals surface area contributed by atoms with Crippen molar-refractivity contribution >= 4 is 5.96 Å². The molecule has 3 unspecified atom stereocenters. The minimum absolute atomic E-state index is 0.478. The summed E-state index contributed by atoms with van der Waals surface area (Å²) in [6, 6.07) is 9.18. The quantitative estimate of drug-likeness (QED) is 0.470. The summed E-state index contributed by atoms with van der Waals surface area (Å²) in [5, 5.41) is 3.33. The zero-order chi connectivity index (χ0) is 12.5. The number of nitrogens with two attached hydrogens (primary N) is 1. The van der Waals surface area contributed by atoms with Crippen LogP contribution in [0.15, 0.2) is 29.3 Å². The summed E-state index contributed by atoms with van der Waals surface area (Å²) < 4.78 is 4.94. The molecule has 0 spiro atoms. The number of benzene rings is 1. The number of aliphatic imine (C=N–C) groups is 1. The molecule has 3 atom stereocenters. The predicted octanol–water partition coefficient (Wildman–Crippen LogP) is 0.875. The first-order valence-corrected chi connectivity index (χ1v) is 6.44. The molecule has 2 aliphatic rings. The van der Waals surface area contributed by atoms with Crippen molar-refractivity contribution < 1.29 is 4.74 Å². The van der Waals surface area contributed by atoms with E-state index in [9.17, 15) is 0 Å². The standard InChI is InChI=1S/C14H19N3O/c1-18-7-6-16-14(15)17-13-11-8-9-4-2-3-5-10(9)12(11)13/h2-5,11-13H,6-8H2,1H3,(H3,15,16,17). The van der Waals surface area contributed by atoms with Crippen LogP contribution in [0.1, 0.15) is 17.0 Å². The van der Waals surface area contributed by atoms with E-state index >= 15 is 0 Å². The van der Waals surface area contributed by atoms with Crippen LogP contribution in [0.2, 0.25) is 0 Å². The van der Waals surface area contributed by atoms with Crippen molar-refractivity contribution in [3.8, 4) is 0 Å². The smallest absolute Gasteiger partial charge is 0.188 e. The number of nitrogens with one attached hydrogen (secondary N) is 1. The summed E-state index contributed by atoms with van der Waals surface area (Å²) in [6.45, 7) is 1.23. The molecule has 2 aliphatic carbocycles. The average Bonchev–Trinajstić information content (AvgIpc) is 2.88. The van der Waals surface area contributed by atoms with Crippen LogP contribution in [0.5, 0.6) is 0 Å². The van der Waals surface area contributed by atoms with Crippen LogP contribution < -0.4 is 11.1 Å². The van der Waals surface area contributed by atoms with Crippen LogP contribution in [0.25, 0.3) is 0 Å². The van der Waals surface area contributed by atoms with Gasteiger partial charge in [-0.2, -0.15) is 0 Å². The van der Waals surface area contributed by atoms with E-state index in [1.165, 1.54) is 17.5 Å². The lowest BCUT2D eigenvalue weighted by Crippen LogP contribution is -2.35. The number of hydrogen-bond acceptors (Lipinski definition) is 2. The average molecular weight is 245 g/mol. The van der Waals surface area contributed by atoms with Crippen LogP contribution >= 0.6 is 0 Å². The Bertz CT molecular complexity index is 472. The molecule has 0 heterocycles. The highest BCUT2D eigenvalue weighted by molar-refractivity contribution is 5.79. The largest absolute Gasteiger partial charge is 0.383 e. The molecule has 18 heavy (non-hydrogen) atoms. The van der Waals surface area contributed by atoms with E-state index in [2.05, 4.69) is 34.6 Å². The van der Waals surface area contributed by atoms with Gasteiger partial charge in [-0.25, -0.2) is 0 Å². The van der Waals surface area contributed by atoms with Gasteiger partial charge in [-0.1, -0.05) is 24.3 Å². The second kappa shape index (κ2) is 4.61. The third-order valence-corrected chi connectivity index (χ3v) is 3.93. The summed E-state index contributed by atoms with van der Waals surface area (Å²) in [4.78, 5) is 4.24. The van der Waals surface area contributed by atoms with E-state index in [1.54, 1.807) is 7.11 Å². The molecule has 3 N–H and O–H groups in total. The van der Waals surface area contributed by atoms with Crippen LogP contribution in [0.4, 0.5) is 0 Å². The maximum atomic E-state index is 5.86. The number of methoxy groups -OCH3 is 1. The Labute approximate surface area is 107 Å². The van der Waals surface area contributed by atoms with E-state index in [4.69, 9.17) is 10.5 Å². The third kappa shape index (κ3) is 1.97. The first-order valence-electron chi connectivity index (χ1n) is 6.44. The fraction of sp³-hybridized carbons (Fsp3) is 0.500. The minimum atomic E-state index is 0.478. The molecule has 0 bridgehead atoms. The Morgan fingerprint density at radius 3 is 3.17 bits per heavy atom. The van der Waals surface area contributed by atoms with Crippen molar-refractivity contribution in [3.63, 3.8) is 0 Å². The summed E-state index contributed by atoms with van der Waals surface area (Å²) in [5.74, 6) is 1.89. The number of ether oxygens (including phenoxy) is 1. The van der Waals surface area contributed by atoms with Gasteiger partial charge in [-0.3, -0.25) is 4.99 Å². The van der Waals surface area contributed by atoms with Gasteiger partial charge >= 0.3 is 0 Å². The van der Waals surface area contributed by atoms with Gasteiger partial charge in [-0.05, 0) is 23.5 Å². The molecule has 0 aromatic heterocycles. The van der Waals surface area contributed by atoms with Crippen molar-refractivity contribution in [2.24, 2.45) is 16.6 Å². The third-order valence-electron chi connectivity index (χ3n) is 3.93. The van der Waals surface area contributed by atoms with E-state index in [1.807, 2.05) is 0 Å². The topological polar surface area (TPSA) is 59.6 Å². The molecule has 0 aliphatic heterocycles. The zero-order valence-corrected chi connectivity index (χ0v) is 10.6. The Hall–Kier alpha value is -1.55. The van der Waals surface area contributed by atoms with Crippen molar-refractivity contribution in [2.75, 3.05) is 20.3 Å². The fourth-order valence-electron chi connectivity index (χ4n) is 3.02. The molecule has 96 valence electrons. The van der Waals surface area contributed by atoms with Crippen molar-refractivity contribution in [2.45, 2.75) is 18.4 Å². The molecule has 0 saturated heterocycles. The Kier molecular flexibility index (Phi) is 2.96. The van der Waals surface area contributed by atoms with Gasteiger partial charge in [0.2, 0.25) is 0 Å². The Morgan fingerprint density at radius 2 is 2.33 bits per heavy atom. The van der Waals surface area contributed by atoms with Gasteiger partial charge < -0.3 is 15.8 Å². The van der Waals surface area contributed by atoms with E-state index in [0.29, 0.717) is 37.0 Å². The second-order valence-corrected chi connectivity index (χ2v) is 5.02. The van der Waals surface area contributed by atoms with Gasteiger partial charge in [0.05, 0.1) is 13.2 Å². The minimum Gasteiger partial charge on any atom is -0.383 e. The lowest BCUT2D eigenvalue weighted by Gasteiger charge is -2.09. The summed E-state index contributed by atoms with van der Waals surface area (Å²) in [7, 11) is 1.67. The molecule has 4 nitrogen and oxygen atoms in total. The number of rotatable bonds is 4. The van der Waals surface area contributed by atoms with Crippen molar-refractivity contribution in [1.82, 2.24) is 5.32 Å². The summed E-state index contributed by atoms with van der Waals surface area (Å²) in [5.41, 5.74) is 8.85. The maximum Gasteiger partial charge on any atom is 0.188 e. The monoisotopic (exact) mass is 245 g/mol. The summed E-state index contributed by atoms with van der Waals surface area (Å²) in [6.07, 6.45) is 1.17. The van der Waals surface area contributed by atoms with Crippen molar-refractivity contribution in [1.29, 1.82) is 0 Å². The maximum absolute atomic E-state index is 5.86.